The van der Waals surface area contributed by atoms with E-state index in [0.717, 1.165) is 16.8 Å². The fourth-order valence-corrected chi connectivity index (χ4v) is 0.964. The molecular formula is C11H19N. The van der Waals surface area contributed by atoms with Crippen LogP contribution in [0, 0.1) is 0 Å². The molecule has 0 aliphatic carbocycles. The summed E-state index contributed by atoms with van der Waals surface area (Å²) in [6, 6.07) is 0.437. The van der Waals surface area contributed by atoms with Crippen molar-refractivity contribution in [1.29, 1.82) is 0 Å². The zero-order chi connectivity index (χ0) is 9.72. The SMILES string of the molecule is C=C/C(C)=C(/NC(C)C)C(=C)C. The van der Waals surface area contributed by atoms with Crippen LogP contribution in [0.3, 0.4) is 0 Å². The second-order valence-corrected chi connectivity index (χ2v) is 3.34. The van der Waals surface area contributed by atoms with Gasteiger partial charge in [0.1, 0.15) is 0 Å². The highest BCUT2D eigenvalue weighted by Gasteiger charge is 2.02. The summed E-state index contributed by atoms with van der Waals surface area (Å²) in [6.45, 7) is 15.9. The summed E-state index contributed by atoms with van der Waals surface area (Å²) in [7, 11) is 0. The number of rotatable bonds is 4. The van der Waals surface area contributed by atoms with Gasteiger partial charge in [-0.05, 0) is 38.8 Å². The third kappa shape index (κ3) is 3.42. The molecule has 0 saturated heterocycles. The maximum absolute atomic E-state index is 3.91. The molecule has 1 nitrogen and oxygen atoms in total. The first-order chi connectivity index (χ1) is 5.49. The highest BCUT2D eigenvalue weighted by atomic mass is 14.9. The van der Waals surface area contributed by atoms with E-state index in [9.17, 15) is 0 Å². The van der Waals surface area contributed by atoms with Gasteiger partial charge < -0.3 is 5.32 Å². The van der Waals surface area contributed by atoms with Gasteiger partial charge in [-0.15, -0.1) is 0 Å². The lowest BCUT2D eigenvalue weighted by Gasteiger charge is -2.16. The molecule has 0 atom stereocenters. The van der Waals surface area contributed by atoms with Gasteiger partial charge in [-0.3, -0.25) is 0 Å². The lowest BCUT2D eigenvalue weighted by atomic mass is 10.1. The van der Waals surface area contributed by atoms with E-state index in [2.05, 4.69) is 32.3 Å². The van der Waals surface area contributed by atoms with Gasteiger partial charge in [0.15, 0.2) is 0 Å². The van der Waals surface area contributed by atoms with Crippen molar-refractivity contribution in [2.24, 2.45) is 0 Å². The first-order valence-corrected chi connectivity index (χ1v) is 4.24. The Morgan fingerprint density at radius 3 is 2.08 bits per heavy atom. The van der Waals surface area contributed by atoms with E-state index in [0.29, 0.717) is 6.04 Å². The standard InChI is InChI=1S/C11H19N/c1-7-10(6)11(8(2)3)12-9(4)5/h7,9,12H,1-2H2,3-6H3/b11-10+. The molecule has 0 radical (unpaired) electrons. The van der Waals surface area contributed by atoms with E-state index in [1.807, 2.05) is 19.9 Å². The number of nitrogens with one attached hydrogen (secondary N) is 1. The quantitative estimate of drug-likeness (QED) is 0.631. The van der Waals surface area contributed by atoms with Crippen LogP contribution in [0.15, 0.2) is 36.1 Å². The highest BCUT2D eigenvalue weighted by molar-refractivity contribution is 5.34. The maximum Gasteiger partial charge on any atom is 0.0395 e. The van der Waals surface area contributed by atoms with Crippen LogP contribution in [0.1, 0.15) is 27.7 Å². The summed E-state index contributed by atoms with van der Waals surface area (Å²) in [4.78, 5) is 0. The predicted octanol–water partition coefficient (Wildman–Crippen LogP) is 3.02. The molecule has 0 unspecified atom stereocenters. The molecule has 0 bridgehead atoms. The summed E-state index contributed by atoms with van der Waals surface area (Å²) >= 11 is 0. The molecule has 0 aromatic heterocycles. The smallest absolute Gasteiger partial charge is 0.0395 e. The van der Waals surface area contributed by atoms with Crippen molar-refractivity contribution in [2.75, 3.05) is 0 Å². The van der Waals surface area contributed by atoms with Gasteiger partial charge in [0.2, 0.25) is 0 Å². The minimum absolute atomic E-state index is 0.437. The molecule has 0 heterocycles. The molecule has 0 aromatic carbocycles. The molecule has 0 aromatic rings. The lowest BCUT2D eigenvalue weighted by Crippen LogP contribution is -2.23. The second kappa shape index (κ2) is 4.81. The van der Waals surface area contributed by atoms with Crippen LogP contribution in [0.4, 0.5) is 0 Å². The Balaban J connectivity index is 4.66. The molecule has 68 valence electrons. The van der Waals surface area contributed by atoms with Gasteiger partial charge >= 0.3 is 0 Å². The molecule has 1 heteroatoms. The molecular weight excluding hydrogens is 146 g/mol. The van der Waals surface area contributed by atoms with Gasteiger partial charge in [0.05, 0.1) is 0 Å². The maximum atomic E-state index is 3.91. The fraction of sp³-hybridized carbons (Fsp3) is 0.455. The molecule has 1 N–H and O–H groups in total. The van der Waals surface area contributed by atoms with Crippen LogP contribution in [0.5, 0.6) is 0 Å². The molecule has 0 fully saturated rings. The molecule has 0 spiro atoms. The topological polar surface area (TPSA) is 12.0 Å². The molecule has 12 heavy (non-hydrogen) atoms. The summed E-state index contributed by atoms with van der Waals surface area (Å²) in [5, 5.41) is 3.34. The van der Waals surface area contributed by atoms with Crippen molar-refractivity contribution >= 4 is 0 Å². The average molecular weight is 165 g/mol. The van der Waals surface area contributed by atoms with Crippen molar-refractivity contribution in [2.45, 2.75) is 33.7 Å². The zero-order valence-corrected chi connectivity index (χ0v) is 8.57. The van der Waals surface area contributed by atoms with Crippen LogP contribution in [0.2, 0.25) is 0 Å². The minimum atomic E-state index is 0.437. The fourth-order valence-electron chi connectivity index (χ4n) is 0.964. The Hall–Kier alpha value is -0.980. The van der Waals surface area contributed by atoms with Crippen LogP contribution >= 0.6 is 0 Å². The highest BCUT2D eigenvalue weighted by Crippen LogP contribution is 2.10. The molecule has 0 aliphatic rings. The van der Waals surface area contributed by atoms with E-state index < -0.39 is 0 Å². The minimum Gasteiger partial charge on any atom is -0.382 e. The summed E-state index contributed by atoms with van der Waals surface area (Å²) in [5.74, 6) is 0. The third-order valence-corrected chi connectivity index (χ3v) is 1.56. The van der Waals surface area contributed by atoms with Crippen LogP contribution in [0.25, 0.3) is 0 Å². The van der Waals surface area contributed by atoms with Crippen molar-refractivity contribution < 1.29 is 0 Å². The normalized spacial score (nSPS) is 12.4. The molecule has 0 amide bonds. The van der Waals surface area contributed by atoms with Gasteiger partial charge in [-0.2, -0.15) is 0 Å². The first-order valence-electron chi connectivity index (χ1n) is 4.24. The first kappa shape index (κ1) is 11.0. The van der Waals surface area contributed by atoms with E-state index >= 15 is 0 Å². The second-order valence-electron chi connectivity index (χ2n) is 3.34. The average Bonchev–Trinajstić information content (AvgIpc) is 1.98. The summed E-state index contributed by atoms with van der Waals surface area (Å²) < 4.78 is 0. The lowest BCUT2D eigenvalue weighted by molar-refractivity contribution is 0.671. The van der Waals surface area contributed by atoms with Gasteiger partial charge in [-0.25, -0.2) is 0 Å². The Bertz CT molecular complexity index is 209. The summed E-state index contributed by atoms with van der Waals surface area (Å²) in [6.07, 6.45) is 1.85. The predicted molar refractivity (Wildman–Crippen MR) is 56.0 cm³/mol. The van der Waals surface area contributed by atoms with Crippen molar-refractivity contribution in [3.8, 4) is 0 Å². The van der Waals surface area contributed by atoms with E-state index in [4.69, 9.17) is 0 Å². The van der Waals surface area contributed by atoms with Crippen LogP contribution in [-0.2, 0) is 0 Å². The van der Waals surface area contributed by atoms with Crippen molar-refractivity contribution in [3.63, 3.8) is 0 Å². The van der Waals surface area contributed by atoms with Gasteiger partial charge in [0, 0.05) is 11.7 Å². The Morgan fingerprint density at radius 1 is 1.33 bits per heavy atom. The number of hydrogen-bond acceptors (Lipinski definition) is 1. The largest absolute Gasteiger partial charge is 0.382 e. The monoisotopic (exact) mass is 165 g/mol. The van der Waals surface area contributed by atoms with E-state index in [1.165, 1.54) is 0 Å². The number of hydrogen-bond donors (Lipinski definition) is 1. The van der Waals surface area contributed by atoms with Crippen LogP contribution < -0.4 is 5.32 Å². The Kier molecular flexibility index (Phi) is 4.42. The zero-order valence-electron chi connectivity index (χ0n) is 8.57. The molecule has 0 saturated carbocycles. The van der Waals surface area contributed by atoms with Crippen LogP contribution in [-0.4, -0.2) is 6.04 Å². The molecule has 0 aliphatic heterocycles. The molecule has 0 rings (SSSR count). The van der Waals surface area contributed by atoms with E-state index in [1.54, 1.807) is 0 Å². The number of allylic oxidation sites excluding steroid dienone is 3. The van der Waals surface area contributed by atoms with Gasteiger partial charge in [-0.1, -0.05) is 19.2 Å². The van der Waals surface area contributed by atoms with Crippen molar-refractivity contribution in [1.82, 2.24) is 5.32 Å². The summed E-state index contributed by atoms with van der Waals surface area (Å²) in [5.41, 5.74) is 3.32. The Labute approximate surface area is 75.9 Å². The van der Waals surface area contributed by atoms with E-state index in [-0.39, 0.29) is 0 Å². The third-order valence-electron chi connectivity index (χ3n) is 1.56. The van der Waals surface area contributed by atoms with Gasteiger partial charge in [0.25, 0.3) is 0 Å². The Morgan fingerprint density at radius 2 is 1.83 bits per heavy atom. The van der Waals surface area contributed by atoms with Crippen molar-refractivity contribution in [3.05, 3.63) is 36.1 Å².